The molecule has 0 atom stereocenters. The third kappa shape index (κ3) is 6.22. The fraction of sp³-hybridized carbons (Fsp3) is 0.474. The molecular formula is C19H28N4O2S. The Hall–Kier alpha value is -2.28. The van der Waals surface area contributed by atoms with Gasteiger partial charge in [0, 0.05) is 24.2 Å². The van der Waals surface area contributed by atoms with Crippen LogP contribution in [0.3, 0.4) is 0 Å². The molecule has 0 fully saturated rings. The van der Waals surface area contributed by atoms with Crippen molar-refractivity contribution in [3.8, 4) is 11.5 Å². The summed E-state index contributed by atoms with van der Waals surface area (Å²) in [4.78, 5) is 10.2. The van der Waals surface area contributed by atoms with Crippen LogP contribution in [0.25, 0.3) is 0 Å². The highest BCUT2D eigenvalue weighted by Gasteiger charge is 2.05. The minimum Gasteiger partial charge on any atom is -0.493 e. The maximum absolute atomic E-state index is 5.35. The lowest BCUT2D eigenvalue weighted by Gasteiger charge is -2.12. The Kier molecular flexibility index (Phi) is 8.21. The van der Waals surface area contributed by atoms with E-state index >= 15 is 0 Å². The average Bonchev–Trinajstić information content (AvgIpc) is 3.08. The monoisotopic (exact) mass is 376 g/mol. The number of nitrogens with one attached hydrogen (secondary N) is 2. The van der Waals surface area contributed by atoms with Gasteiger partial charge in [-0.25, -0.2) is 9.98 Å². The molecule has 1 heterocycles. The molecule has 2 N–H and O–H groups in total. The number of aryl methyl sites for hydroxylation is 2. The second-order valence-electron chi connectivity index (χ2n) is 5.78. The van der Waals surface area contributed by atoms with Crippen molar-refractivity contribution >= 4 is 17.3 Å². The van der Waals surface area contributed by atoms with Crippen molar-refractivity contribution in [1.29, 1.82) is 0 Å². The molecule has 6 nitrogen and oxygen atoms in total. The average molecular weight is 377 g/mol. The summed E-state index contributed by atoms with van der Waals surface area (Å²) in [6.07, 6.45) is 3.84. The van der Waals surface area contributed by atoms with Gasteiger partial charge < -0.3 is 20.1 Å². The van der Waals surface area contributed by atoms with Crippen LogP contribution in [-0.4, -0.2) is 38.3 Å². The van der Waals surface area contributed by atoms with Gasteiger partial charge in [0.25, 0.3) is 0 Å². The number of aromatic nitrogens is 1. The number of rotatable bonds is 9. The Bertz CT molecular complexity index is 715. The number of nitrogens with zero attached hydrogens (tertiary/aromatic N) is 2. The Balaban J connectivity index is 1.82. The highest BCUT2D eigenvalue weighted by molar-refractivity contribution is 7.11. The number of benzene rings is 1. The van der Waals surface area contributed by atoms with E-state index in [0.717, 1.165) is 48.4 Å². The number of hydrogen-bond acceptors (Lipinski definition) is 5. The van der Waals surface area contributed by atoms with Crippen LogP contribution in [0.2, 0.25) is 0 Å². The van der Waals surface area contributed by atoms with Crippen molar-refractivity contribution in [3.05, 3.63) is 39.8 Å². The highest BCUT2D eigenvalue weighted by Crippen LogP contribution is 2.27. The quantitative estimate of drug-likeness (QED) is 0.400. The summed E-state index contributed by atoms with van der Waals surface area (Å²) in [6.45, 7) is 6.40. The number of guanidine groups is 1. The first kappa shape index (κ1) is 20.0. The smallest absolute Gasteiger partial charge is 0.191 e. The van der Waals surface area contributed by atoms with E-state index in [4.69, 9.17) is 9.47 Å². The zero-order valence-electron chi connectivity index (χ0n) is 16.0. The third-order valence-electron chi connectivity index (χ3n) is 3.77. The minimum atomic E-state index is 0.601. The standard InChI is InChI=1S/C19H28N4O2S/c1-5-20-19(23-13-18-22-12-14(2)26-18)21-10-6-7-15-8-9-16(24-3)17(11-15)25-4/h8-9,11-12H,5-7,10,13H2,1-4H3,(H2,20,21,23). The van der Waals surface area contributed by atoms with Crippen LogP contribution in [0.15, 0.2) is 29.4 Å². The van der Waals surface area contributed by atoms with Gasteiger partial charge in [-0.05, 0) is 44.4 Å². The van der Waals surface area contributed by atoms with Gasteiger partial charge in [-0.3, -0.25) is 0 Å². The van der Waals surface area contributed by atoms with Gasteiger partial charge in [0.2, 0.25) is 0 Å². The van der Waals surface area contributed by atoms with Gasteiger partial charge in [-0.2, -0.15) is 0 Å². The number of aliphatic imine (C=N–C) groups is 1. The van der Waals surface area contributed by atoms with Crippen LogP contribution >= 0.6 is 11.3 Å². The molecule has 0 amide bonds. The van der Waals surface area contributed by atoms with Crippen LogP contribution in [0.4, 0.5) is 0 Å². The van der Waals surface area contributed by atoms with E-state index in [9.17, 15) is 0 Å². The van der Waals surface area contributed by atoms with E-state index in [-0.39, 0.29) is 0 Å². The van der Waals surface area contributed by atoms with Gasteiger partial charge >= 0.3 is 0 Å². The summed E-state index contributed by atoms with van der Waals surface area (Å²) in [7, 11) is 3.31. The fourth-order valence-corrected chi connectivity index (χ4v) is 3.21. The third-order valence-corrected chi connectivity index (χ3v) is 4.67. The summed E-state index contributed by atoms with van der Waals surface area (Å²) in [5.74, 6) is 2.35. The van der Waals surface area contributed by atoms with Crippen molar-refractivity contribution in [1.82, 2.24) is 15.6 Å². The summed E-state index contributed by atoms with van der Waals surface area (Å²) in [5, 5.41) is 7.68. The number of ether oxygens (including phenoxy) is 2. The summed E-state index contributed by atoms with van der Waals surface area (Å²) in [5.41, 5.74) is 1.23. The van der Waals surface area contributed by atoms with Crippen LogP contribution in [-0.2, 0) is 13.0 Å². The molecule has 7 heteroatoms. The Morgan fingerprint density at radius 1 is 1.19 bits per heavy atom. The van der Waals surface area contributed by atoms with Gasteiger partial charge in [0.1, 0.15) is 5.01 Å². The lowest BCUT2D eigenvalue weighted by atomic mass is 10.1. The molecule has 0 aliphatic rings. The fourth-order valence-electron chi connectivity index (χ4n) is 2.50. The van der Waals surface area contributed by atoms with Gasteiger partial charge in [-0.1, -0.05) is 6.07 Å². The van der Waals surface area contributed by atoms with Crippen molar-refractivity contribution < 1.29 is 9.47 Å². The second-order valence-corrected chi connectivity index (χ2v) is 7.10. The number of hydrogen-bond donors (Lipinski definition) is 2. The zero-order valence-corrected chi connectivity index (χ0v) is 16.8. The maximum Gasteiger partial charge on any atom is 0.191 e. The maximum atomic E-state index is 5.35. The molecular weight excluding hydrogens is 348 g/mol. The lowest BCUT2D eigenvalue weighted by Crippen LogP contribution is -2.37. The molecule has 0 radical (unpaired) electrons. The van der Waals surface area contributed by atoms with Crippen molar-refractivity contribution in [2.45, 2.75) is 33.2 Å². The summed E-state index contributed by atoms with van der Waals surface area (Å²) < 4.78 is 10.6. The molecule has 0 bridgehead atoms. The Morgan fingerprint density at radius 3 is 2.65 bits per heavy atom. The number of thiazole rings is 1. The van der Waals surface area contributed by atoms with E-state index in [0.29, 0.717) is 6.54 Å². The van der Waals surface area contributed by atoms with Crippen molar-refractivity contribution in [3.63, 3.8) is 0 Å². The van der Waals surface area contributed by atoms with Gasteiger partial charge in [0.05, 0.1) is 20.8 Å². The van der Waals surface area contributed by atoms with Crippen LogP contribution < -0.4 is 20.1 Å². The lowest BCUT2D eigenvalue weighted by molar-refractivity contribution is 0.354. The van der Waals surface area contributed by atoms with Crippen LogP contribution in [0.5, 0.6) is 11.5 Å². The Morgan fingerprint density at radius 2 is 2.00 bits per heavy atom. The summed E-state index contributed by atoms with van der Waals surface area (Å²) >= 11 is 1.68. The van der Waals surface area contributed by atoms with E-state index in [1.54, 1.807) is 25.6 Å². The van der Waals surface area contributed by atoms with Crippen LogP contribution in [0.1, 0.15) is 28.8 Å². The van der Waals surface area contributed by atoms with E-state index in [2.05, 4.69) is 40.5 Å². The Labute approximate surface area is 159 Å². The first-order valence-electron chi connectivity index (χ1n) is 8.80. The highest BCUT2D eigenvalue weighted by atomic mass is 32.1. The minimum absolute atomic E-state index is 0.601. The van der Waals surface area contributed by atoms with E-state index < -0.39 is 0 Å². The molecule has 26 heavy (non-hydrogen) atoms. The largest absolute Gasteiger partial charge is 0.493 e. The molecule has 0 spiro atoms. The molecule has 2 aromatic rings. The van der Waals surface area contributed by atoms with E-state index in [1.807, 2.05) is 18.3 Å². The van der Waals surface area contributed by atoms with Crippen LogP contribution in [0, 0.1) is 6.92 Å². The molecule has 0 aliphatic heterocycles. The molecule has 1 aromatic heterocycles. The first-order chi connectivity index (χ1) is 12.7. The summed E-state index contributed by atoms with van der Waals surface area (Å²) in [6, 6.07) is 6.05. The van der Waals surface area contributed by atoms with Crippen molar-refractivity contribution in [2.75, 3.05) is 27.3 Å². The molecule has 0 aliphatic carbocycles. The normalized spacial score (nSPS) is 11.3. The number of methoxy groups -OCH3 is 2. The van der Waals surface area contributed by atoms with Crippen molar-refractivity contribution in [2.24, 2.45) is 4.99 Å². The SMILES string of the molecule is CCNC(=NCc1ncc(C)s1)NCCCc1ccc(OC)c(OC)c1. The predicted octanol–water partition coefficient (Wildman–Crippen LogP) is 3.16. The van der Waals surface area contributed by atoms with E-state index in [1.165, 1.54) is 10.4 Å². The predicted molar refractivity (Wildman–Crippen MR) is 108 cm³/mol. The zero-order chi connectivity index (χ0) is 18.8. The molecule has 1 aromatic carbocycles. The molecule has 0 saturated carbocycles. The van der Waals surface area contributed by atoms with Gasteiger partial charge in [0.15, 0.2) is 17.5 Å². The topological polar surface area (TPSA) is 67.8 Å². The molecule has 142 valence electrons. The first-order valence-corrected chi connectivity index (χ1v) is 9.62. The molecule has 2 rings (SSSR count). The molecule has 0 saturated heterocycles. The molecule has 0 unspecified atom stereocenters. The van der Waals surface area contributed by atoms with Gasteiger partial charge in [-0.15, -0.1) is 11.3 Å². The second kappa shape index (κ2) is 10.7.